The van der Waals surface area contributed by atoms with Gasteiger partial charge in [0.1, 0.15) is 0 Å². The van der Waals surface area contributed by atoms with Crippen LogP contribution in [0, 0.1) is 0 Å². The van der Waals surface area contributed by atoms with Crippen molar-refractivity contribution in [2.24, 2.45) is 0 Å². The molecule has 7 nitrogen and oxygen atoms in total. The predicted molar refractivity (Wildman–Crippen MR) is 93.8 cm³/mol. The van der Waals surface area contributed by atoms with Gasteiger partial charge in [0.15, 0.2) is 5.76 Å². The van der Waals surface area contributed by atoms with Crippen molar-refractivity contribution < 1.29 is 18.8 Å². The number of carbonyl (C=O) groups is 3. The summed E-state index contributed by atoms with van der Waals surface area (Å²) >= 11 is 6.05. The number of hydrogen-bond donors (Lipinski definition) is 2. The first-order chi connectivity index (χ1) is 11.9. The summed E-state index contributed by atoms with van der Waals surface area (Å²) in [5.41, 5.74) is 0.757. The number of halogens is 1. The minimum Gasteiger partial charge on any atom is -0.459 e. The Balaban J connectivity index is 1.90. The first-order valence-electron chi connectivity index (χ1n) is 7.51. The fourth-order valence-electron chi connectivity index (χ4n) is 2.01. The Morgan fingerprint density at radius 1 is 1.20 bits per heavy atom. The monoisotopic (exact) mass is 363 g/mol. The van der Waals surface area contributed by atoms with Crippen LogP contribution in [0.15, 0.2) is 41.0 Å². The molecule has 0 aliphatic heterocycles. The lowest BCUT2D eigenvalue weighted by Crippen LogP contribution is -2.27. The molecule has 0 bridgehead atoms. The first kappa shape index (κ1) is 18.5. The summed E-state index contributed by atoms with van der Waals surface area (Å²) in [5, 5.41) is 5.53. The Labute approximate surface area is 149 Å². The SMILES string of the molecule is CN(C)C(=O)c1ccc(Cl)c(NC(=O)CCNC(=O)c2ccco2)c1. The van der Waals surface area contributed by atoms with E-state index in [0.717, 1.165) is 0 Å². The smallest absolute Gasteiger partial charge is 0.286 e. The molecule has 25 heavy (non-hydrogen) atoms. The van der Waals surface area contributed by atoms with Crippen LogP contribution >= 0.6 is 11.6 Å². The molecule has 132 valence electrons. The minimum atomic E-state index is -0.394. The molecule has 1 aromatic heterocycles. The van der Waals surface area contributed by atoms with E-state index in [4.69, 9.17) is 16.0 Å². The molecule has 0 fully saturated rings. The van der Waals surface area contributed by atoms with E-state index in [9.17, 15) is 14.4 Å². The molecule has 0 spiro atoms. The van der Waals surface area contributed by atoms with E-state index in [0.29, 0.717) is 16.3 Å². The summed E-state index contributed by atoms with van der Waals surface area (Å²) in [5.74, 6) is -0.748. The number of nitrogens with one attached hydrogen (secondary N) is 2. The van der Waals surface area contributed by atoms with Crippen LogP contribution in [0.25, 0.3) is 0 Å². The number of carbonyl (C=O) groups excluding carboxylic acids is 3. The molecule has 3 amide bonds. The van der Waals surface area contributed by atoms with E-state index in [1.165, 1.54) is 23.3 Å². The number of furan rings is 1. The van der Waals surface area contributed by atoms with Gasteiger partial charge in [0.2, 0.25) is 5.91 Å². The minimum absolute atomic E-state index is 0.0502. The fraction of sp³-hybridized carbons (Fsp3) is 0.235. The van der Waals surface area contributed by atoms with Crippen molar-refractivity contribution >= 4 is 35.0 Å². The number of hydrogen-bond acceptors (Lipinski definition) is 4. The van der Waals surface area contributed by atoms with E-state index in [-0.39, 0.29) is 30.5 Å². The van der Waals surface area contributed by atoms with Gasteiger partial charge >= 0.3 is 0 Å². The third-order valence-corrected chi connectivity index (χ3v) is 3.61. The molecule has 0 aliphatic carbocycles. The van der Waals surface area contributed by atoms with Crippen LogP contribution < -0.4 is 10.6 Å². The highest BCUT2D eigenvalue weighted by Crippen LogP contribution is 2.23. The molecule has 1 aromatic carbocycles. The van der Waals surface area contributed by atoms with Crippen LogP contribution in [0.5, 0.6) is 0 Å². The lowest BCUT2D eigenvalue weighted by atomic mass is 10.1. The molecular formula is C17H18ClN3O4. The molecule has 0 atom stereocenters. The van der Waals surface area contributed by atoms with Gasteiger partial charge in [-0.2, -0.15) is 0 Å². The molecular weight excluding hydrogens is 346 g/mol. The van der Waals surface area contributed by atoms with Crippen LogP contribution in [0.4, 0.5) is 5.69 Å². The van der Waals surface area contributed by atoms with E-state index < -0.39 is 5.91 Å². The average Bonchev–Trinajstić information content (AvgIpc) is 3.10. The van der Waals surface area contributed by atoms with Crippen molar-refractivity contribution in [3.63, 3.8) is 0 Å². The zero-order valence-electron chi connectivity index (χ0n) is 13.8. The molecule has 2 N–H and O–H groups in total. The van der Waals surface area contributed by atoms with Gasteiger partial charge in [-0.25, -0.2) is 0 Å². The van der Waals surface area contributed by atoms with Crippen molar-refractivity contribution in [3.8, 4) is 0 Å². The zero-order chi connectivity index (χ0) is 18.4. The molecule has 0 unspecified atom stereocenters. The van der Waals surface area contributed by atoms with E-state index in [1.54, 1.807) is 32.3 Å². The van der Waals surface area contributed by atoms with Crippen molar-refractivity contribution in [1.82, 2.24) is 10.2 Å². The molecule has 0 saturated heterocycles. The third kappa shape index (κ3) is 5.09. The summed E-state index contributed by atoms with van der Waals surface area (Å²) in [6.45, 7) is 0.138. The maximum absolute atomic E-state index is 12.0. The van der Waals surface area contributed by atoms with Gasteiger partial charge in [-0.1, -0.05) is 11.6 Å². The third-order valence-electron chi connectivity index (χ3n) is 3.28. The van der Waals surface area contributed by atoms with Crippen LogP contribution in [-0.4, -0.2) is 43.3 Å². The topological polar surface area (TPSA) is 91.7 Å². The fourth-order valence-corrected chi connectivity index (χ4v) is 2.17. The maximum Gasteiger partial charge on any atom is 0.286 e. The Hall–Kier alpha value is -2.80. The second kappa shape index (κ2) is 8.34. The van der Waals surface area contributed by atoms with Crippen LogP contribution in [0.3, 0.4) is 0 Å². The largest absolute Gasteiger partial charge is 0.459 e. The highest BCUT2D eigenvalue weighted by molar-refractivity contribution is 6.33. The van der Waals surface area contributed by atoms with Crippen molar-refractivity contribution in [3.05, 3.63) is 52.9 Å². The summed E-state index contributed by atoms with van der Waals surface area (Å²) in [6, 6.07) is 7.79. The Kier molecular flexibility index (Phi) is 6.19. The standard InChI is InChI=1S/C17H18ClN3O4/c1-21(2)17(24)11-5-6-12(18)13(10-11)20-15(22)7-8-19-16(23)14-4-3-9-25-14/h3-6,9-10H,7-8H2,1-2H3,(H,19,23)(H,20,22). The van der Waals surface area contributed by atoms with Crippen molar-refractivity contribution in [1.29, 1.82) is 0 Å². The summed E-state index contributed by atoms with van der Waals surface area (Å²) in [4.78, 5) is 37.1. The molecule has 2 rings (SSSR count). The van der Waals surface area contributed by atoms with Gasteiger partial charge in [-0.05, 0) is 30.3 Å². The molecule has 0 saturated carbocycles. The maximum atomic E-state index is 12.0. The van der Waals surface area contributed by atoms with E-state index in [1.807, 2.05) is 0 Å². The van der Waals surface area contributed by atoms with E-state index in [2.05, 4.69) is 10.6 Å². The molecule has 1 heterocycles. The van der Waals surface area contributed by atoms with Gasteiger partial charge in [-0.3, -0.25) is 14.4 Å². The zero-order valence-corrected chi connectivity index (χ0v) is 14.6. The molecule has 8 heteroatoms. The quantitative estimate of drug-likeness (QED) is 0.824. The Morgan fingerprint density at radius 3 is 2.60 bits per heavy atom. The second-order valence-corrected chi connectivity index (χ2v) is 5.83. The average molecular weight is 364 g/mol. The number of amides is 3. The predicted octanol–water partition coefficient (Wildman–Crippen LogP) is 2.39. The summed E-state index contributed by atoms with van der Waals surface area (Å²) in [7, 11) is 3.27. The lowest BCUT2D eigenvalue weighted by molar-refractivity contribution is -0.116. The number of anilines is 1. The van der Waals surface area contributed by atoms with Crippen molar-refractivity contribution in [2.45, 2.75) is 6.42 Å². The Bertz CT molecular complexity index is 772. The second-order valence-electron chi connectivity index (χ2n) is 5.43. The molecule has 0 aliphatic rings. The molecule has 0 radical (unpaired) electrons. The summed E-state index contributed by atoms with van der Waals surface area (Å²) in [6.07, 6.45) is 1.44. The highest BCUT2D eigenvalue weighted by atomic mass is 35.5. The van der Waals surface area contributed by atoms with Crippen LogP contribution in [-0.2, 0) is 4.79 Å². The number of rotatable bonds is 6. The number of benzene rings is 1. The Morgan fingerprint density at radius 2 is 1.96 bits per heavy atom. The van der Waals surface area contributed by atoms with Gasteiger partial charge in [0, 0.05) is 32.6 Å². The first-order valence-corrected chi connectivity index (χ1v) is 7.89. The normalized spacial score (nSPS) is 10.2. The molecule has 2 aromatic rings. The highest BCUT2D eigenvalue weighted by Gasteiger charge is 2.13. The van der Waals surface area contributed by atoms with Crippen LogP contribution in [0.1, 0.15) is 27.3 Å². The van der Waals surface area contributed by atoms with E-state index >= 15 is 0 Å². The lowest BCUT2D eigenvalue weighted by Gasteiger charge is -2.13. The summed E-state index contributed by atoms with van der Waals surface area (Å²) < 4.78 is 4.95. The van der Waals surface area contributed by atoms with Gasteiger partial charge < -0.3 is 20.0 Å². The number of nitrogens with zero attached hydrogens (tertiary/aromatic N) is 1. The van der Waals surface area contributed by atoms with Crippen molar-refractivity contribution in [2.75, 3.05) is 26.0 Å². The van der Waals surface area contributed by atoms with Gasteiger partial charge in [0.25, 0.3) is 11.8 Å². The van der Waals surface area contributed by atoms with Gasteiger partial charge in [-0.15, -0.1) is 0 Å². The van der Waals surface area contributed by atoms with Gasteiger partial charge in [0.05, 0.1) is 17.0 Å². The van der Waals surface area contributed by atoms with Crippen LogP contribution in [0.2, 0.25) is 5.02 Å².